The zero-order valence-electron chi connectivity index (χ0n) is 11.5. The second-order valence-corrected chi connectivity index (χ2v) is 5.07. The summed E-state index contributed by atoms with van der Waals surface area (Å²) in [4.78, 5) is 16.1. The molecular formula is C14H15NO4S. The summed E-state index contributed by atoms with van der Waals surface area (Å²) < 4.78 is 10.6. The molecule has 0 fully saturated rings. The van der Waals surface area contributed by atoms with Crippen molar-refractivity contribution in [2.75, 3.05) is 14.2 Å². The highest BCUT2D eigenvalue weighted by atomic mass is 32.1. The summed E-state index contributed by atoms with van der Waals surface area (Å²) in [7, 11) is 3.08. The van der Waals surface area contributed by atoms with E-state index in [1.807, 2.05) is 6.92 Å². The van der Waals surface area contributed by atoms with Crippen LogP contribution in [0.5, 0.6) is 11.5 Å². The van der Waals surface area contributed by atoms with E-state index in [9.17, 15) is 9.90 Å². The number of nitrogens with zero attached hydrogens (tertiary/aromatic N) is 1. The van der Waals surface area contributed by atoms with E-state index in [-0.39, 0.29) is 5.69 Å². The van der Waals surface area contributed by atoms with Crippen LogP contribution in [0.4, 0.5) is 0 Å². The first-order chi connectivity index (χ1) is 9.62. The van der Waals surface area contributed by atoms with Crippen molar-refractivity contribution in [3.05, 3.63) is 28.9 Å². The standard InChI is InChI=1S/C14H15NO4S/c1-4-10-15-11(14(16)17)13(20-10)8-6-5-7-9(18-2)12(8)19-3/h5-7H,4H2,1-3H3,(H,16,17). The number of aryl methyl sites for hydroxylation is 1. The fourth-order valence-electron chi connectivity index (χ4n) is 1.91. The maximum absolute atomic E-state index is 11.4. The number of ether oxygens (including phenoxy) is 2. The average molecular weight is 293 g/mol. The Morgan fingerprint density at radius 1 is 1.35 bits per heavy atom. The minimum atomic E-state index is -1.04. The molecule has 0 aliphatic heterocycles. The number of benzene rings is 1. The Kier molecular flexibility index (Phi) is 4.24. The van der Waals surface area contributed by atoms with Crippen LogP contribution < -0.4 is 9.47 Å². The van der Waals surface area contributed by atoms with Crippen molar-refractivity contribution in [1.29, 1.82) is 0 Å². The minimum absolute atomic E-state index is 0.0541. The molecule has 5 nitrogen and oxygen atoms in total. The summed E-state index contributed by atoms with van der Waals surface area (Å²) in [5.41, 5.74) is 0.736. The third-order valence-electron chi connectivity index (χ3n) is 2.82. The van der Waals surface area contributed by atoms with E-state index < -0.39 is 5.97 Å². The molecular weight excluding hydrogens is 278 g/mol. The van der Waals surface area contributed by atoms with Crippen molar-refractivity contribution in [3.8, 4) is 21.9 Å². The third kappa shape index (κ3) is 2.46. The van der Waals surface area contributed by atoms with Crippen molar-refractivity contribution in [2.24, 2.45) is 0 Å². The molecule has 0 atom stereocenters. The van der Waals surface area contributed by atoms with Crippen molar-refractivity contribution in [2.45, 2.75) is 13.3 Å². The molecule has 0 unspecified atom stereocenters. The number of para-hydroxylation sites is 1. The molecule has 2 rings (SSSR count). The zero-order chi connectivity index (χ0) is 14.7. The Morgan fingerprint density at radius 2 is 2.10 bits per heavy atom. The van der Waals surface area contributed by atoms with Gasteiger partial charge in [-0.2, -0.15) is 0 Å². The van der Waals surface area contributed by atoms with Gasteiger partial charge in [-0.05, 0) is 18.6 Å². The van der Waals surface area contributed by atoms with Crippen LogP contribution in [0.1, 0.15) is 22.4 Å². The number of rotatable bonds is 5. The molecule has 1 N–H and O–H groups in total. The quantitative estimate of drug-likeness (QED) is 0.917. The van der Waals surface area contributed by atoms with E-state index in [1.165, 1.54) is 18.4 Å². The van der Waals surface area contributed by atoms with E-state index in [0.29, 0.717) is 28.4 Å². The number of carboxylic acids is 1. The first-order valence-electron chi connectivity index (χ1n) is 6.06. The monoisotopic (exact) mass is 293 g/mol. The van der Waals surface area contributed by atoms with Crippen LogP contribution in [0.2, 0.25) is 0 Å². The summed E-state index contributed by atoms with van der Waals surface area (Å²) in [6, 6.07) is 5.37. The van der Waals surface area contributed by atoms with Gasteiger partial charge in [-0.15, -0.1) is 11.3 Å². The average Bonchev–Trinajstić information content (AvgIpc) is 2.90. The molecule has 20 heavy (non-hydrogen) atoms. The lowest BCUT2D eigenvalue weighted by atomic mass is 10.1. The lowest BCUT2D eigenvalue weighted by molar-refractivity contribution is 0.0692. The van der Waals surface area contributed by atoms with Gasteiger partial charge in [0.15, 0.2) is 17.2 Å². The number of aromatic nitrogens is 1. The number of hydrogen-bond donors (Lipinski definition) is 1. The Morgan fingerprint density at radius 3 is 2.65 bits per heavy atom. The van der Waals surface area contributed by atoms with Crippen LogP contribution in [0.3, 0.4) is 0 Å². The lowest BCUT2D eigenvalue weighted by Crippen LogP contribution is -2.00. The lowest BCUT2D eigenvalue weighted by Gasteiger charge is -2.11. The smallest absolute Gasteiger partial charge is 0.356 e. The van der Waals surface area contributed by atoms with Crippen LogP contribution >= 0.6 is 11.3 Å². The van der Waals surface area contributed by atoms with Gasteiger partial charge in [0.25, 0.3) is 0 Å². The Labute approximate surface area is 120 Å². The van der Waals surface area contributed by atoms with Crippen LogP contribution in [0.25, 0.3) is 10.4 Å². The van der Waals surface area contributed by atoms with Gasteiger partial charge in [0.05, 0.1) is 24.1 Å². The molecule has 0 aliphatic rings. The highest BCUT2D eigenvalue weighted by Crippen LogP contribution is 2.41. The largest absolute Gasteiger partial charge is 0.493 e. The molecule has 2 aromatic rings. The molecule has 0 spiro atoms. The summed E-state index contributed by atoms with van der Waals surface area (Å²) in [5, 5.41) is 10.1. The topological polar surface area (TPSA) is 68.7 Å². The molecule has 0 saturated carbocycles. The summed E-state index contributed by atoms with van der Waals surface area (Å²) in [6.45, 7) is 1.94. The Hall–Kier alpha value is -2.08. The summed E-state index contributed by atoms with van der Waals surface area (Å²) in [6.07, 6.45) is 0.692. The SMILES string of the molecule is CCc1nc(C(=O)O)c(-c2cccc(OC)c2OC)s1. The second-order valence-electron chi connectivity index (χ2n) is 3.99. The molecule has 0 bridgehead atoms. The molecule has 0 radical (unpaired) electrons. The van der Waals surface area contributed by atoms with Gasteiger partial charge in [-0.1, -0.05) is 13.0 Å². The van der Waals surface area contributed by atoms with Crippen molar-refractivity contribution in [3.63, 3.8) is 0 Å². The molecule has 6 heteroatoms. The predicted molar refractivity (Wildman–Crippen MR) is 77.0 cm³/mol. The highest BCUT2D eigenvalue weighted by molar-refractivity contribution is 7.15. The molecule has 0 aliphatic carbocycles. The predicted octanol–water partition coefficient (Wildman–Crippen LogP) is 3.09. The van der Waals surface area contributed by atoms with Gasteiger partial charge in [-0.3, -0.25) is 0 Å². The maximum atomic E-state index is 11.4. The fraction of sp³-hybridized carbons (Fsp3) is 0.286. The first-order valence-corrected chi connectivity index (χ1v) is 6.88. The Balaban J connectivity index is 2.67. The summed E-state index contributed by atoms with van der Waals surface area (Å²) in [5.74, 6) is 0.0393. The van der Waals surface area contributed by atoms with E-state index in [4.69, 9.17) is 9.47 Å². The van der Waals surface area contributed by atoms with Gasteiger partial charge >= 0.3 is 5.97 Å². The van der Waals surface area contributed by atoms with Gasteiger partial charge < -0.3 is 14.6 Å². The number of carboxylic acid groups (broad SMARTS) is 1. The van der Waals surface area contributed by atoms with Gasteiger partial charge in [0.1, 0.15) is 0 Å². The van der Waals surface area contributed by atoms with Crippen molar-refractivity contribution < 1.29 is 19.4 Å². The molecule has 0 saturated heterocycles. The summed E-state index contributed by atoms with van der Waals surface area (Å²) >= 11 is 1.36. The van der Waals surface area contributed by atoms with E-state index in [1.54, 1.807) is 25.3 Å². The minimum Gasteiger partial charge on any atom is -0.493 e. The number of aromatic carboxylic acids is 1. The van der Waals surface area contributed by atoms with E-state index >= 15 is 0 Å². The first kappa shape index (κ1) is 14.3. The molecule has 106 valence electrons. The maximum Gasteiger partial charge on any atom is 0.356 e. The zero-order valence-corrected chi connectivity index (χ0v) is 12.3. The highest BCUT2D eigenvalue weighted by Gasteiger charge is 2.22. The van der Waals surface area contributed by atoms with E-state index in [2.05, 4.69) is 4.98 Å². The van der Waals surface area contributed by atoms with Gasteiger partial charge in [0, 0.05) is 5.56 Å². The third-order valence-corrected chi connectivity index (χ3v) is 4.06. The number of hydrogen-bond acceptors (Lipinski definition) is 5. The number of carbonyl (C=O) groups is 1. The molecule has 1 heterocycles. The number of thiazole rings is 1. The molecule has 0 amide bonds. The molecule has 1 aromatic carbocycles. The van der Waals surface area contributed by atoms with Crippen LogP contribution in [-0.2, 0) is 6.42 Å². The van der Waals surface area contributed by atoms with E-state index in [0.717, 1.165) is 5.01 Å². The normalized spacial score (nSPS) is 10.3. The molecule has 1 aromatic heterocycles. The Bertz CT molecular complexity index is 636. The van der Waals surface area contributed by atoms with Crippen LogP contribution in [0, 0.1) is 0 Å². The second kappa shape index (κ2) is 5.92. The van der Waals surface area contributed by atoms with Crippen molar-refractivity contribution in [1.82, 2.24) is 4.98 Å². The van der Waals surface area contributed by atoms with Crippen LogP contribution in [0.15, 0.2) is 18.2 Å². The van der Waals surface area contributed by atoms with Gasteiger partial charge in [-0.25, -0.2) is 9.78 Å². The van der Waals surface area contributed by atoms with Crippen molar-refractivity contribution >= 4 is 17.3 Å². The fourth-order valence-corrected chi connectivity index (χ4v) is 2.93. The van der Waals surface area contributed by atoms with Gasteiger partial charge in [0.2, 0.25) is 0 Å². The number of methoxy groups -OCH3 is 2. The van der Waals surface area contributed by atoms with Crippen LogP contribution in [-0.4, -0.2) is 30.3 Å².